The fourth-order valence-electron chi connectivity index (χ4n) is 2.13. The zero-order valence-electron chi connectivity index (χ0n) is 11.4. The molecule has 1 aromatic heterocycles. The summed E-state index contributed by atoms with van der Waals surface area (Å²) in [6, 6.07) is 13.8. The van der Waals surface area contributed by atoms with Crippen molar-refractivity contribution in [2.24, 2.45) is 0 Å². The van der Waals surface area contributed by atoms with Crippen molar-refractivity contribution in [1.82, 2.24) is 5.32 Å². The lowest BCUT2D eigenvalue weighted by molar-refractivity contribution is 0.550. The van der Waals surface area contributed by atoms with Crippen LogP contribution in [0.2, 0.25) is 0 Å². The fraction of sp³-hybridized carbons (Fsp3) is 0.375. The molecule has 2 heteroatoms. The molecule has 0 aliphatic carbocycles. The van der Waals surface area contributed by atoms with Gasteiger partial charge in [-0.15, -0.1) is 11.3 Å². The van der Waals surface area contributed by atoms with E-state index in [1.807, 2.05) is 18.4 Å². The molecule has 1 heterocycles. The largest absolute Gasteiger partial charge is 0.312 e. The van der Waals surface area contributed by atoms with Gasteiger partial charge in [-0.1, -0.05) is 43.2 Å². The Kier molecular flexibility index (Phi) is 4.56. The molecule has 0 aliphatic heterocycles. The summed E-state index contributed by atoms with van der Waals surface area (Å²) in [7, 11) is 2.05. The van der Waals surface area contributed by atoms with E-state index in [2.05, 4.69) is 55.6 Å². The van der Waals surface area contributed by atoms with Crippen LogP contribution < -0.4 is 5.32 Å². The predicted molar refractivity (Wildman–Crippen MR) is 81.2 cm³/mol. The molecule has 0 saturated heterocycles. The van der Waals surface area contributed by atoms with Crippen LogP contribution in [0.25, 0.3) is 10.4 Å². The summed E-state index contributed by atoms with van der Waals surface area (Å²) in [5.74, 6) is 0. The molecule has 0 aliphatic rings. The molecule has 0 radical (unpaired) electrons. The van der Waals surface area contributed by atoms with Crippen molar-refractivity contribution in [3.8, 4) is 10.4 Å². The van der Waals surface area contributed by atoms with Crippen LogP contribution in [-0.2, 0) is 0 Å². The molecule has 1 aromatic carbocycles. The lowest BCUT2D eigenvalue weighted by Gasteiger charge is -2.12. The smallest absolute Gasteiger partial charge is 0.0412 e. The highest BCUT2D eigenvalue weighted by Gasteiger charge is 2.11. The van der Waals surface area contributed by atoms with Crippen molar-refractivity contribution in [3.63, 3.8) is 0 Å². The average molecular weight is 259 g/mol. The Hall–Kier alpha value is -1.12. The highest BCUT2D eigenvalue weighted by atomic mass is 32.1. The van der Waals surface area contributed by atoms with Crippen LogP contribution in [0.4, 0.5) is 0 Å². The molecule has 1 nitrogen and oxygen atoms in total. The molecule has 1 atom stereocenters. The third-order valence-electron chi connectivity index (χ3n) is 3.23. The van der Waals surface area contributed by atoms with Gasteiger partial charge in [-0.25, -0.2) is 0 Å². The molecule has 0 spiro atoms. The molecule has 0 saturated carbocycles. The normalized spacial score (nSPS) is 12.6. The summed E-state index contributed by atoms with van der Waals surface area (Å²) in [6.45, 7) is 4.36. The molecular weight excluding hydrogens is 238 g/mol. The van der Waals surface area contributed by atoms with E-state index in [4.69, 9.17) is 0 Å². The van der Waals surface area contributed by atoms with Crippen LogP contribution >= 0.6 is 11.3 Å². The van der Waals surface area contributed by atoms with Gasteiger partial charge in [0.2, 0.25) is 0 Å². The second-order valence-corrected chi connectivity index (χ2v) is 5.81. The number of thiophene rings is 1. The van der Waals surface area contributed by atoms with Crippen molar-refractivity contribution in [2.45, 2.75) is 32.7 Å². The Labute approximate surface area is 114 Å². The number of rotatable bonds is 5. The van der Waals surface area contributed by atoms with Crippen molar-refractivity contribution in [3.05, 3.63) is 46.8 Å². The summed E-state index contributed by atoms with van der Waals surface area (Å²) in [5, 5.41) is 3.40. The first-order valence-electron chi connectivity index (χ1n) is 6.58. The number of benzene rings is 1. The van der Waals surface area contributed by atoms with Gasteiger partial charge in [0.05, 0.1) is 0 Å². The van der Waals surface area contributed by atoms with Gasteiger partial charge in [0.15, 0.2) is 0 Å². The van der Waals surface area contributed by atoms with Gasteiger partial charge in [-0.2, -0.15) is 0 Å². The van der Waals surface area contributed by atoms with E-state index in [9.17, 15) is 0 Å². The zero-order valence-corrected chi connectivity index (χ0v) is 12.2. The number of aryl methyl sites for hydroxylation is 1. The molecule has 0 fully saturated rings. The molecule has 2 rings (SSSR count). The maximum atomic E-state index is 3.40. The fourth-order valence-corrected chi connectivity index (χ4v) is 3.29. The second kappa shape index (κ2) is 6.17. The predicted octanol–water partition coefficient (Wildman–Crippen LogP) is 4.78. The van der Waals surface area contributed by atoms with Crippen LogP contribution in [0.1, 0.15) is 36.2 Å². The van der Waals surface area contributed by atoms with E-state index in [1.165, 1.54) is 33.7 Å². The van der Waals surface area contributed by atoms with E-state index in [0.29, 0.717) is 6.04 Å². The molecule has 2 aromatic rings. The van der Waals surface area contributed by atoms with Crippen molar-refractivity contribution in [2.75, 3.05) is 7.05 Å². The van der Waals surface area contributed by atoms with Crippen LogP contribution in [0.3, 0.4) is 0 Å². The van der Waals surface area contributed by atoms with Gasteiger partial charge in [0, 0.05) is 15.8 Å². The van der Waals surface area contributed by atoms with Gasteiger partial charge in [-0.05, 0) is 38.1 Å². The van der Waals surface area contributed by atoms with Crippen molar-refractivity contribution < 1.29 is 0 Å². The summed E-state index contributed by atoms with van der Waals surface area (Å²) in [4.78, 5) is 2.80. The summed E-state index contributed by atoms with van der Waals surface area (Å²) in [5.41, 5.74) is 2.64. The van der Waals surface area contributed by atoms with E-state index in [1.54, 1.807) is 0 Å². The number of hydrogen-bond acceptors (Lipinski definition) is 2. The summed E-state index contributed by atoms with van der Waals surface area (Å²) < 4.78 is 0. The van der Waals surface area contributed by atoms with E-state index in [-0.39, 0.29) is 0 Å². The third kappa shape index (κ3) is 3.01. The first-order chi connectivity index (χ1) is 8.74. The minimum atomic E-state index is 0.499. The topological polar surface area (TPSA) is 12.0 Å². The quantitative estimate of drug-likeness (QED) is 0.814. The molecular formula is C16H21NS. The molecule has 0 bridgehead atoms. The molecule has 0 amide bonds. The first kappa shape index (κ1) is 13.3. The SMILES string of the molecule is CCCC(NC)c1ccc(-c2ccc(C)cc2)s1. The van der Waals surface area contributed by atoms with E-state index in [0.717, 1.165) is 0 Å². The maximum Gasteiger partial charge on any atom is 0.0412 e. The van der Waals surface area contributed by atoms with Crippen LogP contribution in [0.15, 0.2) is 36.4 Å². The second-order valence-electron chi connectivity index (χ2n) is 4.70. The molecule has 18 heavy (non-hydrogen) atoms. The van der Waals surface area contributed by atoms with Gasteiger partial charge in [0.25, 0.3) is 0 Å². The Morgan fingerprint density at radius 1 is 1.11 bits per heavy atom. The highest BCUT2D eigenvalue weighted by molar-refractivity contribution is 7.15. The van der Waals surface area contributed by atoms with Gasteiger partial charge < -0.3 is 5.32 Å². The van der Waals surface area contributed by atoms with Crippen LogP contribution in [0, 0.1) is 6.92 Å². The van der Waals surface area contributed by atoms with E-state index >= 15 is 0 Å². The monoisotopic (exact) mass is 259 g/mol. The van der Waals surface area contributed by atoms with Gasteiger partial charge >= 0.3 is 0 Å². The number of hydrogen-bond donors (Lipinski definition) is 1. The Balaban J connectivity index is 2.21. The lowest BCUT2D eigenvalue weighted by atomic mass is 10.1. The van der Waals surface area contributed by atoms with Crippen molar-refractivity contribution in [1.29, 1.82) is 0 Å². The molecule has 1 unspecified atom stereocenters. The average Bonchev–Trinajstić information content (AvgIpc) is 2.86. The van der Waals surface area contributed by atoms with Crippen LogP contribution in [0.5, 0.6) is 0 Å². The molecule has 1 N–H and O–H groups in total. The Morgan fingerprint density at radius 2 is 1.83 bits per heavy atom. The van der Waals surface area contributed by atoms with Gasteiger partial charge in [-0.3, -0.25) is 0 Å². The first-order valence-corrected chi connectivity index (χ1v) is 7.40. The third-order valence-corrected chi connectivity index (χ3v) is 4.48. The standard InChI is InChI=1S/C16H21NS/c1-4-5-14(17-3)16-11-10-15(18-16)13-8-6-12(2)7-9-13/h6-11,14,17H,4-5H2,1-3H3. The summed E-state index contributed by atoms with van der Waals surface area (Å²) >= 11 is 1.90. The van der Waals surface area contributed by atoms with E-state index < -0.39 is 0 Å². The summed E-state index contributed by atoms with van der Waals surface area (Å²) in [6.07, 6.45) is 2.41. The minimum Gasteiger partial charge on any atom is -0.312 e. The highest BCUT2D eigenvalue weighted by Crippen LogP contribution is 2.32. The lowest BCUT2D eigenvalue weighted by Crippen LogP contribution is -2.14. The number of nitrogens with one attached hydrogen (secondary N) is 1. The maximum absolute atomic E-state index is 3.40. The Bertz CT molecular complexity index is 484. The van der Waals surface area contributed by atoms with Crippen LogP contribution in [-0.4, -0.2) is 7.05 Å². The van der Waals surface area contributed by atoms with Gasteiger partial charge in [0.1, 0.15) is 0 Å². The Morgan fingerprint density at radius 3 is 2.44 bits per heavy atom. The minimum absolute atomic E-state index is 0.499. The molecule has 96 valence electrons. The zero-order chi connectivity index (χ0) is 13.0. The van der Waals surface area contributed by atoms with Crippen molar-refractivity contribution >= 4 is 11.3 Å².